The highest BCUT2D eigenvalue weighted by atomic mass is 35.5. The van der Waals surface area contributed by atoms with E-state index in [9.17, 15) is 4.79 Å². The standard InChI is InChI=1S/C23H17ClN2O2S/c1-28-19-13-9-16(10-14-19)21-20(15-7-11-18(24)12-8-15)25-23(29-21)26-22(27)17-5-3-2-4-6-17/h2-14H,1H3,(H,25,26,27). The number of hydrogen-bond acceptors (Lipinski definition) is 4. The number of thiazole rings is 1. The van der Waals surface area contributed by atoms with Gasteiger partial charge in [0.25, 0.3) is 5.91 Å². The zero-order valence-corrected chi connectivity index (χ0v) is 17.1. The van der Waals surface area contributed by atoms with Gasteiger partial charge in [0.05, 0.1) is 17.7 Å². The van der Waals surface area contributed by atoms with Crippen molar-refractivity contribution >= 4 is 34.0 Å². The van der Waals surface area contributed by atoms with Crippen molar-refractivity contribution in [2.45, 2.75) is 0 Å². The van der Waals surface area contributed by atoms with Gasteiger partial charge in [0.2, 0.25) is 0 Å². The lowest BCUT2D eigenvalue weighted by atomic mass is 10.1. The van der Waals surface area contributed by atoms with E-state index in [4.69, 9.17) is 21.3 Å². The Morgan fingerprint density at radius 3 is 2.24 bits per heavy atom. The number of halogens is 1. The van der Waals surface area contributed by atoms with Crippen LogP contribution in [0.15, 0.2) is 78.9 Å². The molecule has 1 aromatic heterocycles. The summed E-state index contributed by atoms with van der Waals surface area (Å²) in [4.78, 5) is 18.2. The quantitative estimate of drug-likeness (QED) is 0.407. The van der Waals surface area contributed by atoms with Gasteiger partial charge in [-0.3, -0.25) is 10.1 Å². The molecule has 4 aromatic rings. The molecule has 0 aliphatic carbocycles. The van der Waals surface area contributed by atoms with Crippen LogP contribution in [0.5, 0.6) is 5.75 Å². The number of benzene rings is 3. The van der Waals surface area contributed by atoms with Gasteiger partial charge in [0.15, 0.2) is 5.13 Å². The van der Waals surface area contributed by atoms with Crippen LogP contribution in [0.1, 0.15) is 10.4 Å². The Kier molecular flexibility index (Phi) is 5.60. The molecule has 29 heavy (non-hydrogen) atoms. The first kappa shape index (κ1) is 19.2. The molecule has 1 heterocycles. The minimum atomic E-state index is -0.191. The van der Waals surface area contributed by atoms with Gasteiger partial charge in [-0.25, -0.2) is 4.98 Å². The lowest BCUT2D eigenvalue weighted by molar-refractivity contribution is 0.102. The van der Waals surface area contributed by atoms with Gasteiger partial charge in [-0.05, 0) is 54.1 Å². The molecular formula is C23H17ClN2O2S. The van der Waals surface area contributed by atoms with E-state index >= 15 is 0 Å². The van der Waals surface area contributed by atoms with Crippen LogP contribution in [0.25, 0.3) is 21.7 Å². The van der Waals surface area contributed by atoms with Crippen LogP contribution < -0.4 is 10.1 Å². The van der Waals surface area contributed by atoms with Crippen molar-refractivity contribution < 1.29 is 9.53 Å². The van der Waals surface area contributed by atoms with E-state index < -0.39 is 0 Å². The summed E-state index contributed by atoms with van der Waals surface area (Å²) >= 11 is 7.47. The lowest BCUT2D eigenvalue weighted by Gasteiger charge is -2.04. The molecule has 0 saturated carbocycles. The second-order valence-corrected chi connectivity index (χ2v) is 7.69. The number of hydrogen-bond donors (Lipinski definition) is 1. The van der Waals surface area contributed by atoms with Crippen molar-refractivity contribution in [3.8, 4) is 27.4 Å². The molecule has 1 amide bonds. The molecule has 0 aliphatic heterocycles. The monoisotopic (exact) mass is 420 g/mol. The Labute approximate surface area is 177 Å². The number of carbonyl (C=O) groups is 1. The molecule has 3 aromatic carbocycles. The highest BCUT2D eigenvalue weighted by Crippen LogP contribution is 2.40. The number of carbonyl (C=O) groups excluding carboxylic acids is 1. The highest BCUT2D eigenvalue weighted by molar-refractivity contribution is 7.19. The number of nitrogens with zero attached hydrogens (tertiary/aromatic N) is 1. The summed E-state index contributed by atoms with van der Waals surface area (Å²) in [6.07, 6.45) is 0. The molecule has 6 heteroatoms. The number of aromatic nitrogens is 1. The van der Waals surface area contributed by atoms with Crippen molar-refractivity contribution in [3.63, 3.8) is 0 Å². The van der Waals surface area contributed by atoms with E-state index in [1.165, 1.54) is 11.3 Å². The predicted octanol–water partition coefficient (Wildman–Crippen LogP) is 6.39. The largest absolute Gasteiger partial charge is 0.497 e. The van der Waals surface area contributed by atoms with Crippen molar-refractivity contribution in [3.05, 3.63) is 89.4 Å². The van der Waals surface area contributed by atoms with Gasteiger partial charge in [-0.2, -0.15) is 0 Å². The third-order valence-corrected chi connectivity index (χ3v) is 5.63. The molecule has 0 unspecified atom stereocenters. The molecule has 0 saturated heterocycles. The maximum atomic E-state index is 12.6. The first-order chi connectivity index (χ1) is 14.1. The van der Waals surface area contributed by atoms with E-state index in [0.717, 1.165) is 27.4 Å². The van der Waals surface area contributed by atoms with Crippen LogP contribution in [0, 0.1) is 0 Å². The van der Waals surface area contributed by atoms with Gasteiger partial charge < -0.3 is 4.74 Å². The molecule has 0 fully saturated rings. The average Bonchev–Trinajstić information content (AvgIpc) is 3.18. The predicted molar refractivity (Wildman–Crippen MR) is 119 cm³/mol. The van der Waals surface area contributed by atoms with Crippen molar-refractivity contribution in [2.24, 2.45) is 0 Å². The molecule has 144 valence electrons. The van der Waals surface area contributed by atoms with Crippen molar-refractivity contribution in [1.29, 1.82) is 0 Å². The number of methoxy groups -OCH3 is 1. The van der Waals surface area contributed by atoms with Crippen molar-refractivity contribution in [2.75, 3.05) is 12.4 Å². The van der Waals surface area contributed by atoms with Crippen LogP contribution in [0.3, 0.4) is 0 Å². The topological polar surface area (TPSA) is 51.2 Å². The number of anilines is 1. The molecular weight excluding hydrogens is 404 g/mol. The summed E-state index contributed by atoms with van der Waals surface area (Å²) in [6, 6.07) is 24.4. The second kappa shape index (κ2) is 8.47. The number of rotatable bonds is 5. The van der Waals surface area contributed by atoms with Gasteiger partial charge in [0.1, 0.15) is 5.75 Å². The third-order valence-electron chi connectivity index (χ3n) is 4.35. The molecule has 1 N–H and O–H groups in total. The fourth-order valence-electron chi connectivity index (χ4n) is 2.87. The van der Waals surface area contributed by atoms with Gasteiger partial charge in [-0.1, -0.05) is 53.3 Å². The molecule has 0 bridgehead atoms. The molecule has 4 rings (SSSR count). The SMILES string of the molecule is COc1ccc(-c2sc(NC(=O)c3ccccc3)nc2-c2ccc(Cl)cc2)cc1. The van der Waals surface area contributed by atoms with E-state index in [-0.39, 0.29) is 5.91 Å². The van der Waals surface area contributed by atoms with E-state index in [0.29, 0.717) is 15.7 Å². The Hall–Kier alpha value is -3.15. The molecule has 0 radical (unpaired) electrons. The summed E-state index contributed by atoms with van der Waals surface area (Å²) in [6.45, 7) is 0. The van der Waals surface area contributed by atoms with Crippen molar-refractivity contribution in [1.82, 2.24) is 4.98 Å². The van der Waals surface area contributed by atoms with Crippen LogP contribution in [0.2, 0.25) is 5.02 Å². The highest BCUT2D eigenvalue weighted by Gasteiger charge is 2.17. The first-order valence-electron chi connectivity index (χ1n) is 8.91. The fraction of sp³-hybridized carbons (Fsp3) is 0.0435. The van der Waals surface area contributed by atoms with Gasteiger partial charge >= 0.3 is 0 Å². The van der Waals surface area contributed by atoms with Crippen LogP contribution >= 0.6 is 22.9 Å². The maximum absolute atomic E-state index is 12.6. The first-order valence-corrected chi connectivity index (χ1v) is 10.1. The number of ether oxygens (including phenoxy) is 1. The van der Waals surface area contributed by atoms with E-state index in [1.807, 2.05) is 66.7 Å². The summed E-state index contributed by atoms with van der Waals surface area (Å²) in [5, 5.41) is 4.11. The summed E-state index contributed by atoms with van der Waals surface area (Å²) in [5.74, 6) is 0.590. The third kappa shape index (κ3) is 4.31. The Morgan fingerprint density at radius 1 is 0.931 bits per heavy atom. The maximum Gasteiger partial charge on any atom is 0.257 e. The minimum absolute atomic E-state index is 0.191. The lowest BCUT2D eigenvalue weighted by Crippen LogP contribution is -2.11. The van der Waals surface area contributed by atoms with E-state index in [2.05, 4.69) is 5.32 Å². The zero-order chi connectivity index (χ0) is 20.2. The molecule has 0 spiro atoms. The molecule has 4 nitrogen and oxygen atoms in total. The van der Waals surface area contributed by atoms with Crippen LogP contribution in [-0.4, -0.2) is 18.0 Å². The molecule has 0 aliphatic rings. The Morgan fingerprint density at radius 2 is 1.59 bits per heavy atom. The van der Waals surface area contributed by atoms with Gasteiger partial charge in [-0.15, -0.1) is 0 Å². The summed E-state index contributed by atoms with van der Waals surface area (Å²) in [5.41, 5.74) is 3.30. The van der Waals surface area contributed by atoms with E-state index in [1.54, 1.807) is 19.2 Å². The Balaban J connectivity index is 1.73. The van der Waals surface area contributed by atoms with Crippen LogP contribution in [-0.2, 0) is 0 Å². The summed E-state index contributed by atoms with van der Waals surface area (Å²) < 4.78 is 5.26. The smallest absolute Gasteiger partial charge is 0.257 e. The Bertz CT molecular complexity index is 1120. The van der Waals surface area contributed by atoms with Crippen LogP contribution in [0.4, 0.5) is 5.13 Å². The zero-order valence-electron chi connectivity index (χ0n) is 15.6. The average molecular weight is 421 g/mol. The number of amides is 1. The normalized spacial score (nSPS) is 10.6. The second-order valence-electron chi connectivity index (χ2n) is 6.25. The summed E-state index contributed by atoms with van der Waals surface area (Å²) in [7, 11) is 1.64. The fourth-order valence-corrected chi connectivity index (χ4v) is 3.99. The minimum Gasteiger partial charge on any atom is -0.497 e. The number of nitrogens with one attached hydrogen (secondary N) is 1. The van der Waals surface area contributed by atoms with Gasteiger partial charge in [0, 0.05) is 16.1 Å². The molecule has 0 atom stereocenters.